The van der Waals surface area contributed by atoms with Crippen LogP contribution >= 0.6 is 0 Å². The Kier molecular flexibility index (Phi) is 33.9. The van der Waals surface area contributed by atoms with E-state index in [4.69, 9.17) is 0 Å². The smallest absolute Gasteiger partial charge is 0.0430 e. The van der Waals surface area contributed by atoms with Crippen molar-refractivity contribution >= 4 is 49.5 Å². The van der Waals surface area contributed by atoms with Gasteiger partial charge >= 0.3 is 106 Å². The molecule has 10 saturated carbocycles. The Bertz CT molecular complexity index is 3100. The van der Waals surface area contributed by atoms with Gasteiger partial charge in [-0.15, -0.1) is 187 Å². The first kappa shape index (κ1) is 80.4. The molecule has 0 spiro atoms. The zero-order valence-corrected chi connectivity index (χ0v) is 69.9. The summed E-state index contributed by atoms with van der Waals surface area (Å²) in [4.78, 5) is 0. The van der Waals surface area contributed by atoms with Crippen LogP contribution in [-0.4, -0.2) is 6.41 Å². The van der Waals surface area contributed by atoms with Crippen LogP contribution in [0.1, 0.15) is 354 Å². The molecule has 0 amide bonds. The SMILES string of the molecule is [Cl-].[Cl-].[Zr+2]=[C]1CCCC1.[Zr+2]=[C]1CCCC1.c1ccc2c(C(C3CCCCC3)C3CCCCC3)c[cH-]c2c1.c1ccc2c(C(C3CCCCC3)C3CCCCC3)c[cH-]c2c1.c1ccc2c(C(C3CCCCC3)C3CCCCC3)c[cH-]c2c1.c1ccc2c(C(C3CCCCC3)C3CCCCC3)c[cH-]c2c1. The molecule has 10 fully saturated rings. The van der Waals surface area contributed by atoms with Gasteiger partial charge in [-0.2, -0.15) is 0 Å². The van der Waals surface area contributed by atoms with Crippen molar-refractivity contribution in [3.05, 3.63) is 168 Å². The second kappa shape index (κ2) is 43.0. The van der Waals surface area contributed by atoms with Crippen molar-refractivity contribution in [2.45, 2.75) is 332 Å². The monoisotopic (exact) mass is 1560 g/mol. The third-order valence-electron chi connectivity index (χ3n) is 28.0. The molecule has 0 bridgehead atoms. The van der Waals surface area contributed by atoms with Crippen LogP contribution in [0, 0.1) is 47.3 Å². The van der Waals surface area contributed by atoms with Gasteiger partial charge < -0.3 is 24.8 Å². The predicted octanol–water partition coefficient (Wildman–Crippen LogP) is 23.8. The quantitative estimate of drug-likeness (QED) is 0.107. The van der Waals surface area contributed by atoms with E-state index >= 15 is 0 Å². The van der Waals surface area contributed by atoms with E-state index in [2.05, 4.69) is 146 Å². The molecule has 0 radical (unpaired) electrons. The average Bonchev–Trinajstić information content (AvgIpc) is 1.59. The van der Waals surface area contributed by atoms with E-state index in [-0.39, 0.29) is 24.8 Å². The average molecular weight is 1560 g/mol. The molecule has 0 N–H and O–H groups in total. The predicted molar refractivity (Wildman–Crippen MR) is 429 cm³/mol. The molecule has 0 aliphatic heterocycles. The van der Waals surface area contributed by atoms with Gasteiger partial charge in [-0.05, 0) is 47.3 Å². The number of rotatable bonds is 12. The topological polar surface area (TPSA) is 0 Å². The van der Waals surface area contributed by atoms with Gasteiger partial charge in [0.2, 0.25) is 0 Å². The standard InChI is InChI=1S/4C22H29.2C5H8.2ClH.2Zr/c4*1-3-10-18(11-4-1)22(19-12-5-2-6-13-19)21-16-15-17-9-7-8-14-20(17)21;2*1-2-4-5-3-1;;;;/h4*7-9,14-16,18-19,22H,1-6,10-13H2;2*1-4H2;2*1H;;/q4*-1;;;;;2*+2/p-2. The van der Waals surface area contributed by atoms with Gasteiger partial charge in [-0.1, -0.05) is 305 Å². The summed E-state index contributed by atoms with van der Waals surface area (Å²) in [6.07, 6.45) is 70.4. The minimum atomic E-state index is 0. The summed E-state index contributed by atoms with van der Waals surface area (Å²) in [7, 11) is 0. The van der Waals surface area contributed by atoms with Gasteiger partial charge in [0.1, 0.15) is 0 Å². The Hall–Kier alpha value is -2.59. The summed E-state index contributed by atoms with van der Waals surface area (Å²) in [5.74, 6) is 10.9. The van der Waals surface area contributed by atoms with Crippen molar-refractivity contribution in [2.75, 3.05) is 0 Å². The van der Waals surface area contributed by atoms with Crippen LogP contribution in [0.15, 0.2) is 146 Å². The van der Waals surface area contributed by atoms with Gasteiger partial charge in [-0.3, -0.25) is 0 Å². The van der Waals surface area contributed by atoms with Crippen molar-refractivity contribution in [1.82, 2.24) is 0 Å². The fourth-order valence-electron chi connectivity index (χ4n) is 23.0. The van der Waals surface area contributed by atoms with Crippen molar-refractivity contribution in [3.63, 3.8) is 0 Å². The molecule has 0 unspecified atom stereocenters. The maximum absolute atomic E-state index is 2.47. The molecule has 548 valence electrons. The van der Waals surface area contributed by atoms with Crippen LogP contribution < -0.4 is 24.8 Å². The molecule has 0 nitrogen and oxygen atoms in total. The van der Waals surface area contributed by atoms with Crippen LogP contribution in [0.25, 0.3) is 43.1 Å². The van der Waals surface area contributed by atoms with Crippen LogP contribution in [-0.2, 0) is 48.5 Å². The Balaban J connectivity index is 0.000000128. The molecule has 8 aromatic carbocycles. The molecule has 0 saturated heterocycles. The number of benzene rings is 4. The van der Waals surface area contributed by atoms with E-state index < -0.39 is 0 Å². The summed E-state index contributed by atoms with van der Waals surface area (Å²) < 4.78 is 3.59. The molecular formula is C98H132Cl2Zr2-2. The minimum Gasteiger partial charge on any atom is -0.150 e. The molecule has 10 aliphatic rings. The normalized spacial score (nSPS) is 21.4. The van der Waals surface area contributed by atoms with Gasteiger partial charge in [0.25, 0.3) is 0 Å². The molecule has 4 heteroatoms. The van der Waals surface area contributed by atoms with E-state index in [1.165, 1.54) is 330 Å². The Morgan fingerprint density at radius 2 is 0.373 bits per heavy atom. The molecule has 18 rings (SSSR count). The van der Waals surface area contributed by atoms with Gasteiger partial charge in [0.15, 0.2) is 0 Å². The number of fused-ring (bicyclic) bond motifs is 4. The molecule has 0 aromatic heterocycles. The van der Waals surface area contributed by atoms with E-state index in [9.17, 15) is 0 Å². The first-order chi connectivity index (χ1) is 49.5. The summed E-state index contributed by atoms with van der Waals surface area (Å²) in [5.41, 5.74) is 6.76. The molecule has 102 heavy (non-hydrogen) atoms. The van der Waals surface area contributed by atoms with Crippen molar-refractivity contribution in [1.29, 1.82) is 0 Å². The molecular weight excluding hydrogens is 1430 g/mol. The van der Waals surface area contributed by atoms with E-state index in [0.29, 0.717) is 0 Å². The number of halogens is 2. The summed E-state index contributed by atoms with van der Waals surface area (Å²) in [6, 6.07) is 55.6. The summed E-state index contributed by atoms with van der Waals surface area (Å²) in [6.45, 7) is 0. The first-order valence-corrected chi connectivity index (χ1v) is 45.7. The van der Waals surface area contributed by atoms with Crippen molar-refractivity contribution in [2.24, 2.45) is 47.3 Å². The van der Waals surface area contributed by atoms with E-state index in [1.807, 2.05) is 0 Å². The minimum absolute atomic E-state index is 0. The Morgan fingerprint density at radius 1 is 0.216 bits per heavy atom. The van der Waals surface area contributed by atoms with Crippen LogP contribution in [0.2, 0.25) is 0 Å². The van der Waals surface area contributed by atoms with Crippen molar-refractivity contribution < 1.29 is 73.3 Å². The fraction of sp³-hybridized carbons (Fsp3) is 0.612. The molecule has 0 heterocycles. The number of hydrogen-bond donors (Lipinski definition) is 0. The largest absolute Gasteiger partial charge is 0.150 e. The Labute approximate surface area is 663 Å². The van der Waals surface area contributed by atoms with Crippen LogP contribution in [0.4, 0.5) is 0 Å². The Morgan fingerprint density at radius 3 is 0.520 bits per heavy atom. The van der Waals surface area contributed by atoms with Gasteiger partial charge in [0, 0.05) is 0 Å². The molecule has 8 aromatic rings. The summed E-state index contributed by atoms with van der Waals surface area (Å²) in [5, 5.41) is 12.0. The maximum atomic E-state index is 2.47. The van der Waals surface area contributed by atoms with Crippen LogP contribution in [0.3, 0.4) is 0 Å². The van der Waals surface area contributed by atoms with Crippen LogP contribution in [0.5, 0.6) is 0 Å². The molecule has 0 atom stereocenters. The van der Waals surface area contributed by atoms with Gasteiger partial charge in [0.05, 0.1) is 0 Å². The number of hydrogen-bond acceptors (Lipinski definition) is 0. The van der Waals surface area contributed by atoms with Crippen molar-refractivity contribution in [3.8, 4) is 0 Å². The zero-order valence-electron chi connectivity index (χ0n) is 63.5. The third kappa shape index (κ3) is 21.9. The molecule has 10 aliphatic carbocycles. The fourth-order valence-corrected chi connectivity index (χ4v) is 24.7. The van der Waals surface area contributed by atoms with E-state index in [1.54, 1.807) is 98.7 Å². The zero-order chi connectivity index (χ0) is 67.9. The van der Waals surface area contributed by atoms with Gasteiger partial charge in [-0.25, -0.2) is 0 Å². The first-order valence-electron chi connectivity index (χ1n) is 43.2. The second-order valence-electron chi connectivity index (χ2n) is 34.4. The second-order valence-corrected chi connectivity index (χ2v) is 37.9. The third-order valence-corrected chi connectivity index (χ3v) is 30.4. The van der Waals surface area contributed by atoms with E-state index in [0.717, 1.165) is 71.0 Å². The summed E-state index contributed by atoms with van der Waals surface area (Å²) >= 11 is 3.36. The maximum Gasteiger partial charge on any atom is -0.0430 e.